The zero-order valence-electron chi connectivity index (χ0n) is 8.66. The standard InChI is InChI=1S/C10H12B2O2/c1-5(2)8-6(3)4-7(14-12)9(11)10(8)13/h4-5,13H,1-3H3. The molecule has 0 saturated carbocycles. The number of hydrogen-bond donors (Lipinski definition) is 1. The Hall–Kier alpha value is -1.05. The van der Waals surface area contributed by atoms with Crippen LogP contribution in [0.15, 0.2) is 6.07 Å². The minimum Gasteiger partial charge on any atom is -0.568 e. The van der Waals surface area contributed by atoms with Crippen LogP contribution < -0.4 is 10.1 Å². The lowest BCUT2D eigenvalue weighted by molar-refractivity contribution is 0.465. The Balaban J connectivity index is 3.41. The van der Waals surface area contributed by atoms with Gasteiger partial charge in [0.25, 0.3) is 0 Å². The molecule has 0 atom stereocenters. The van der Waals surface area contributed by atoms with E-state index in [1.807, 2.05) is 20.8 Å². The van der Waals surface area contributed by atoms with E-state index in [0.717, 1.165) is 11.1 Å². The molecular weight excluding hydrogens is 174 g/mol. The van der Waals surface area contributed by atoms with Crippen molar-refractivity contribution in [1.29, 1.82) is 0 Å². The van der Waals surface area contributed by atoms with Gasteiger partial charge in [0.05, 0.1) is 5.75 Å². The molecule has 4 radical (unpaired) electrons. The SMILES string of the molecule is [B]Oc1cc(C)c(C(C)C)c(O)c1[B]. The van der Waals surface area contributed by atoms with E-state index in [0.29, 0.717) is 5.75 Å². The van der Waals surface area contributed by atoms with Crippen molar-refractivity contribution in [3.63, 3.8) is 0 Å². The lowest BCUT2D eigenvalue weighted by Crippen LogP contribution is -2.12. The molecular formula is C10H12B2O2. The molecule has 70 valence electrons. The maximum absolute atomic E-state index is 9.80. The largest absolute Gasteiger partial charge is 0.568 e. The highest BCUT2D eigenvalue weighted by atomic mass is 16.4. The third-order valence-electron chi connectivity index (χ3n) is 2.25. The van der Waals surface area contributed by atoms with Gasteiger partial charge in [-0.3, -0.25) is 0 Å². The predicted octanol–water partition coefficient (Wildman–Crippen LogP) is 1.08. The molecule has 14 heavy (non-hydrogen) atoms. The lowest BCUT2D eigenvalue weighted by atomic mass is 9.85. The van der Waals surface area contributed by atoms with Gasteiger partial charge in [0.2, 0.25) is 0 Å². The van der Waals surface area contributed by atoms with Crippen molar-refractivity contribution >= 4 is 21.4 Å². The predicted molar refractivity (Wildman–Crippen MR) is 58.7 cm³/mol. The van der Waals surface area contributed by atoms with E-state index in [-0.39, 0.29) is 17.1 Å². The van der Waals surface area contributed by atoms with E-state index < -0.39 is 0 Å². The molecule has 1 aromatic carbocycles. The monoisotopic (exact) mass is 186 g/mol. The molecule has 0 aliphatic carbocycles. The fraction of sp³-hybridized carbons (Fsp3) is 0.400. The second-order valence-corrected chi connectivity index (χ2v) is 3.64. The van der Waals surface area contributed by atoms with Crippen LogP contribution in [-0.4, -0.2) is 21.0 Å². The molecule has 0 amide bonds. The molecule has 1 aromatic rings. The van der Waals surface area contributed by atoms with Gasteiger partial charge in [0.1, 0.15) is 13.6 Å². The Bertz CT molecular complexity index is 348. The fourth-order valence-corrected chi connectivity index (χ4v) is 1.63. The van der Waals surface area contributed by atoms with Gasteiger partial charge < -0.3 is 9.76 Å². The van der Waals surface area contributed by atoms with Crippen LogP contribution in [0.25, 0.3) is 0 Å². The Morgan fingerprint density at radius 1 is 1.43 bits per heavy atom. The number of phenols is 1. The smallest absolute Gasteiger partial charge is 0.374 e. The summed E-state index contributed by atoms with van der Waals surface area (Å²) in [7, 11) is 10.7. The van der Waals surface area contributed by atoms with E-state index in [1.54, 1.807) is 6.07 Å². The topological polar surface area (TPSA) is 29.5 Å². The van der Waals surface area contributed by atoms with Gasteiger partial charge in [-0.15, -0.1) is 0 Å². The van der Waals surface area contributed by atoms with Crippen LogP contribution in [-0.2, 0) is 0 Å². The number of aromatic hydroxyl groups is 1. The minimum atomic E-state index is 0.0699. The zero-order valence-corrected chi connectivity index (χ0v) is 8.66. The molecule has 0 aliphatic rings. The van der Waals surface area contributed by atoms with Crippen molar-refractivity contribution < 1.29 is 9.76 Å². The van der Waals surface area contributed by atoms with Crippen LogP contribution >= 0.6 is 0 Å². The summed E-state index contributed by atoms with van der Waals surface area (Å²) < 4.78 is 4.56. The maximum Gasteiger partial charge on any atom is 0.374 e. The third-order valence-corrected chi connectivity index (χ3v) is 2.25. The summed E-state index contributed by atoms with van der Waals surface area (Å²) in [6, 6.07) is 1.73. The summed E-state index contributed by atoms with van der Waals surface area (Å²) in [5.74, 6) is 0.592. The number of aryl methyl sites for hydroxylation is 1. The molecule has 0 aromatic heterocycles. The first kappa shape index (κ1) is 11.0. The average Bonchev–Trinajstić information content (AvgIpc) is 2.10. The van der Waals surface area contributed by atoms with Crippen LogP contribution in [0.5, 0.6) is 11.5 Å². The number of hydrogen-bond acceptors (Lipinski definition) is 2. The Morgan fingerprint density at radius 2 is 2.00 bits per heavy atom. The first-order valence-electron chi connectivity index (χ1n) is 4.47. The highest BCUT2D eigenvalue weighted by Crippen LogP contribution is 2.30. The van der Waals surface area contributed by atoms with Crippen LogP contribution in [0.1, 0.15) is 30.9 Å². The quantitative estimate of drug-likeness (QED) is 0.700. The second kappa shape index (κ2) is 3.99. The molecule has 0 spiro atoms. The van der Waals surface area contributed by atoms with Gasteiger partial charge in [-0.1, -0.05) is 13.8 Å². The van der Waals surface area contributed by atoms with Gasteiger partial charge in [-0.05, 0) is 35.5 Å². The summed E-state index contributed by atoms with van der Waals surface area (Å²) in [6.45, 7) is 5.87. The van der Waals surface area contributed by atoms with Crippen LogP contribution in [0, 0.1) is 6.92 Å². The Kier molecular flexibility index (Phi) is 3.14. The van der Waals surface area contributed by atoms with Crippen molar-refractivity contribution in [3.8, 4) is 11.5 Å². The summed E-state index contributed by atoms with van der Waals surface area (Å²) in [5, 5.41) is 9.80. The van der Waals surface area contributed by atoms with Crippen molar-refractivity contribution in [2.24, 2.45) is 0 Å². The summed E-state index contributed by atoms with van der Waals surface area (Å²) in [6.07, 6.45) is 0. The highest BCUT2D eigenvalue weighted by Gasteiger charge is 2.14. The first-order chi connectivity index (χ1) is 6.49. The van der Waals surface area contributed by atoms with E-state index in [1.165, 1.54) is 0 Å². The first-order valence-corrected chi connectivity index (χ1v) is 4.47. The molecule has 2 nitrogen and oxygen atoms in total. The van der Waals surface area contributed by atoms with Crippen LogP contribution in [0.4, 0.5) is 0 Å². The molecule has 0 aliphatic heterocycles. The summed E-state index contributed by atoms with van der Waals surface area (Å²) in [4.78, 5) is 0. The van der Waals surface area contributed by atoms with Crippen molar-refractivity contribution in [2.75, 3.05) is 0 Å². The molecule has 0 unspecified atom stereocenters. The number of rotatable bonds is 2. The average molecular weight is 186 g/mol. The zero-order chi connectivity index (χ0) is 10.9. The summed E-state index contributed by atoms with van der Waals surface area (Å²) >= 11 is 0. The van der Waals surface area contributed by atoms with Gasteiger partial charge in [-0.2, -0.15) is 0 Å². The molecule has 0 bridgehead atoms. The minimum absolute atomic E-state index is 0.0699. The number of phenolic OH excluding ortho intramolecular Hbond substituents is 1. The van der Waals surface area contributed by atoms with E-state index >= 15 is 0 Å². The van der Waals surface area contributed by atoms with Crippen molar-refractivity contribution in [3.05, 3.63) is 17.2 Å². The normalized spacial score (nSPS) is 10.6. The van der Waals surface area contributed by atoms with Crippen molar-refractivity contribution in [1.82, 2.24) is 0 Å². The van der Waals surface area contributed by atoms with E-state index in [9.17, 15) is 5.11 Å². The van der Waals surface area contributed by atoms with Gasteiger partial charge in [-0.25, -0.2) is 0 Å². The van der Waals surface area contributed by atoms with Crippen molar-refractivity contribution in [2.45, 2.75) is 26.7 Å². The molecule has 4 heteroatoms. The Morgan fingerprint density at radius 3 is 2.43 bits per heavy atom. The molecule has 1 N–H and O–H groups in total. The lowest BCUT2D eigenvalue weighted by Gasteiger charge is -2.17. The van der Waals surface area contributed by atoms with E-state index in [4.69, 9.17) is 15.9 Å². The second-order valence-electron chi connectivity index (χ2n) is 3.64. The summed E-state index contributed by atoms with van der Waals surface area (Å²) in [5.41, 5.74) is 1.96. The fourth-order valence-electron chi connectivity index (χ4n) is 1.63. The Labute approximate surface area is 87.1 Å². The maximum atomic E-state index is 9.80. The van der Waals surface area contributed by atoms with Gasteiger partial charge >= 0.3 is 8.05 Å². The molecule has 0 saturated heterocycles. The van der Waals surface area contributed by atoms with Crippen LogP contribution in [0.3, 0.4) is 0 Å². The molecule has 0 fully saturated rings. The number of benzene rings is 1. The highest BCUT2D eigenvalue weighted by molar-refractivity contribution is 6.36. The molecule has 1 rings (SSSR count). The molecule has 0 heterocycles. The third kappa shape index (κ3) is 1.74. The van der Waals surface area contributed by atoms with E-state index in [2.05, 4.69) is 4.65 Å². The van der Waals surface area contributed by atoms with Gasteiger partial charge in [0, 0.05) is 0 Å². The van der Waals surface area contributed by atoms with Crippen LogP contribution in [0.2, 0.25) is 0 Å². The van der Waals surface area contributed by atoms with Gasteiger partial charge in [0.15, 0.2) is 0 Å².